The highest BCUT2D eigenvalue weighted by Crippen LogP contribution is 2.51. The van der Waals surface area contributed by atoms with E-state index in [1.165, 1.54) is 6.42 Å². The Hall–Kier alpha value is -0.800. The lowest BCUT2D eigenvalue weighted by molar-refractivity contribution is 0.573. The van der Waals surface area contributed by atoms with Crippen molar-refractivity contribution < 1.29 is 0 Å². The van der Waals surface area contributed by atoms with Crippen molar-refractivity contribution in [1.82, 2.24) is 0 Å². The second-order valence-corrected chi connectivity index (χ2v) is 6.18. The third-order valence-corrected chi connectivity index (χ3v) is 4.06. The average Bonchev–Trinajstić information content (AvgIpc) is 2.84. The van der Waals surface area contributed by atoms with E-state index in [1.807, 2.05) is 18.2 Å². The van der Waals surface area contributed by atoms with Gasteiger partial charge in [-0.25, -0.2) is 0 Å². The molecule has 0 aromatic heterocycles. The highest BCUT2D eigenvalue weighted by molar-refractivity contribution is 7.80. The van der Waals surface area contributed by atoms with Crippen LogP contribution in [0.2, 0.25) is 5.02 Å². The Morgan fingerprint density at radius 3 is 2.71 bits per heavy atom. The Morgan fingerprint density at radius 1 is 1.59 bits per heavy atom. The van der Waals surface area contributed by atoms with Gasteiger partial charge in [-0.3, -0.25) is 0 Å². The molecule has 0 amide bonds. The van der Waals surface area contributed by atoms with Crippen LogP contribution in [0.3, 0.4) is 0 Å². The van der Waals surface area contributed by atoms with E-state index >= 15 is 0 Å². The van der Waals surface area contributed by atoms with Gasteiger partial charge in [0.05, 0.1) is 10.7 Å². The van der Waals surface area contributed by atoms with Crippen molar-refractivity contribution in [2.24, 2.45) is 17.1 Å². The van der Waals surface area contributed by atoms with Crippen LogP contribution in [0.15, 0.2) is 18.2 Å². The molecule has 4 heteroatoms. The number of benzene rings is 1. The third-order valence-electron chi connectivity index (χ3n) is 3.51. The molecule has 0 heterocycles. The van der Waals surface area contributed by atoms with Gasteiger partial charge in [0.15, 0.2) is 0 Å². The molecule has 1 aliphatic rings. The van der Waals surface area contributed by atoms with Crippen LogP contribution in [0.4, 0.5) is 5.69 Å². The molecule has 0 saturated heterocycles. The van der Waals surface area contributed by atoms with Crippen LogP contribution >= 0.6 is 23.8 Å². The number of nitrogens with one attached hydrogen (secondary N) is 1. The fourth-order valence-corrected chi connectivity index (χ4v) is 2.34. The standard InChI is InChI=1S/C13H17ClN2S/c1-13(2)6-9(13)7-16-11-4-3-8(12(15)17)5-10(11)14/h3-5,9,16H,6-7H2,1-2H3,(H2,15,17). The molecule has 17 heavy (non-hydrogen) atoms. The molecular weight excluding hydrogens is 252 g/mol. The first-order valence-electron chi connectivity index (χ1n) is 5.73. The molecule has 1 fully saturated rings. The predicted octanol–water partition coefficient (Wildman–Crippen LogP) is 3.43. The number of rotatable bonds is 4. The van der Waals surface area contributed by atoms with Crippen LogP contribution in [0, 0.1) is 11.3 Å². The SMILES string of the molecule is CC1(C)CC1CNc1ccc(C(N)=S)cc1Cl. The van der Waals surface area contributed by atoms with E-state index in [0.717, 1.165) is 23.7 Å². The zero-order chi connectivity index (χ0) is 12.6. The van der Waals surface area contributed by atoms with Gasteiger partial charge in [0.25, 0.3) is 0 Å². The van der Waals surface area contributed by atoms with E-state index in [2.05, 4.69) is 19.2 Å². The zero-order valence-corrected chi connectivity index (χ0v) is 11.7. The minimum Gasteiger partial charge on any atom is -0.389 e. The fraction of sp³-hybridized carbons (Fsp3) is 0.462. The van der Waals surface area contributed by atoms with Crippen molar-refractivity contribution in [2.75, 3.05) is 11.9 Å². The number of hydrogen-bond donors (Lipinski definition) is 2. The van der Waals surface area contributed by atoms with E-state index < -0.39 is 0 Å². The van der Waals surface area contributed by atoms with Crippen LogP contribution in [0.25, 0.3) is 0 Å². The normalized spacial score (nSPS) is 21.0. The first kappa shape index (κ1) is 12.7. The maximum Gasteiger partial charge on any atom is 0.104 e. The smallest absolute Gasteiger partial charge is 0.104 e. The van der Waals surface area contributed by atoms with Gasteiger partial charge in [-0.05, 0) is 36.0 Å². The molecule has 1 atom stereocenters. The summed E-state index contributed by atoms with van der Waals surface area (Å²) in [5.74, 6) is 0.744. The van der Waals surface area contributed by atoms with Gasteiger partial charge < -0.3 is 11.1 Å². The van der Waals surface area contributed by atoms with E-state index in [-0.39, 0.29) is 0 Å². The Morgan fingerprint density at radius 2 is 2.24 bits per heavy atom. The third kappa shape index (κ3) is 2.90. The van der Waals surface area contributed by atoms with Crippen molar-refractivity contribution in [3.05, 3.63) is 28.8 Å². The minimum absolute atomic E-state index is 0.377. The summed E-state index contributed by atoms with van der Waals surface area (Å²) in [4.78, 5) is 0.377. The number of hydrogen-bond acceptors (Lipinski definition) is 2. The van der Waals surface area contributed by atoms with Crippen LogP contribution in [0.1, 0.15) is 25.8 Å². The average molecular weight is 269 g/mol. The van der Waals surface area contributed by atoms with Crippen molar-refractivity contribution in [3.8, 4) is 0 Å². The number of thiocarbonyl (C=S) groups is 1. The quantitative estimate of drug-likeness (QED) is 0.822. The van der Waals surface area contributed by atoms with E-state index in [9.17, 15) is 0 Å². The van der Waals surface area contributed by atoms with Crippen molar-refractivity contribution >= 4 is 34.5 Å². The molecule has 0 spiro atoms. The Bertz CT molecular complexity index is 457. The second kappa shape index (κ2) is 4.46. The zero-order valence-electron chi connectivity index (χ0n) is 10.1. The van der Waals surface area contributed by atoms with Crippen LogP contribution < -0.4 is 11.1 Å². The van der Waals surface area contributed by atoms with Gasteiger partial charge in [0, 0.05) is 12.1 Å². The fourth-order valence-electron chi connectivity index (χ4n) is 1.97. The monoisotopic (exact) mass is 268 g/mol. The summed E-state index contributed by atoms with van der Waals surface area (Å²) >= 11 is 11.1. The number of halogens is 1. The number of anilines is 1. The summed E-state index contributed by atoms with van der Waals surface area (Å²) in [6, 6.07) is 5.64. The van der Waals surface area contributed by atoms with Crippen LogP contribution in [-0.2, 0) is 0 Å². The number of nitrogens with two attached hydrogens (primary N) is 1. The van der Waals surface area contributed by atoms with Gasteiger partial charge in [-0.15, -0.1) is 0 Å². The Kier molecular flexibility index (Phi) is 3.32. The molecule has 3 N–H and O–H groups in total. The molecule has 1 saturated carbocycles. The van der Waals surface area contributed by atoms with Gasteiger partial charge in [0.2, 0.25) is 0 Å². The molecule has 2 nitrogen and oxygen atoms in total. The van der Waals surface area contributed by atoms with Gasteiger partial charge in [-0.2, -0.15) is 0 Å². The summed E-state index contributed by atoms with van der Waals surface area (Å²) in [7, 11) is 0. The Balaban J connectivity index is 2.00. The van der Waals surface area contributed by atoms with E-state index in [4.69, 9.17) is 29.6 Å². The summed E-state index contributed by atoms with van der Waals surface area (Å²) in [6.45, 7) is 5.55. The van der Waals surface area contributed by atoms with Gasteiger partial charge in [-0.1, -0.05) is 37.7 Å². The maximum absolute atomic E-state index is 6.17. The van der Waals surface area contributed by atoms with Crippen LogP contribution in [-0.4, -0.2) is 11.5 Å². The molecule has 2 rings (SSSR count). The summed E-state index contributed by atoms with van der Waals surface area (Å²) in [6.07, 6.45) is 1.28. The molecule has 1 aromatic rings. The highest BCUT2D eigenvalue weighted by atomic mass is 35.5. The molecule has 1 unspecified atom stereocenters. The first-order chi connectivity index (χ1) is 7.90. The second-order valence-electron chi connectivity index (χ2n) is 5.33. The van der Waals surface area contributed by atoms with Crippen molar-refractivity contribution in [3.63, 3.8) is 0 Å². The molecule has 0 bridgehead atoms. The lowest BCUT2D eigenvalue weighted by Gasteiger charge is -2.10. The molecule has 92 valence electrons. The minimum atomic E-state index is 0.377. The van der Waals surface area contributed by atoms with Crippen molar-refractivity contribution in [1.29, 1.82) is 0 Å². The lowest BCUT2D eigenvalue weighted by atomic mass is 10.1. The summed E-state index contributed by atoms with van der Waals surface area (Å²) in [5, 5.41) is 4.06. The molecule has 1 aliphatic carbocycles. The van der Waals surface area contributed by atoms with Crippen molar-refractivity contribution in [2.45, 2.75) is 20.3 Å². The van der Waals surface area contributed by atoms with E-state index in [0.29, 0.717) is 15.4 Å². The van der Waals surface area contributed by atoms with Gasteiger partial charge >= 0.3 is 0 Å². The summed E-state index contributed by atoms with van der Waals surface area (Å²) < 4.78 is 0. The van der Waals surface area contributed by atoms with E-state index in [1.54, 1.807) is 0 Å². The maximum atomic E-state index is 6.17. The summed E-state index contributed by atoms with van der Waals surface area (Å²) in [5.41, 5.74) is 7.80. The lowest BCUT2D eigenvalue weighted by Crippen LogP contribution is -2.11. The topological polar surface area (TPSA) is 38.0 Å². The molecule has 0 radical (unpaired) electrons. The van der Waals surface area contributed by atoms with Crippen LogP contribution in [0.5, 0.6) is 0 Å². The molecular formula is C13H17ClN2S. The largest absolute Gasteiger partial charge is 0.389 e. The first-order valence-corrected chi connectivity index (χ1v) is 6.52. The Labute approximate surface area is 113 Å². The van der Waals surface area contributed by atoms with Gasteiger partial charge in [0.1, 0.15) is 4.99 Å². The predicted molar refractivity (Wildman–Crippen MR) is 77.7 cm³/mol. The molecule has 0 aliphatic heterocycles. The molecule has 1 aromatic carbocycles. The highest BCUT2D eigenvalue weighted by Gasteiger charge is 2.44.